The van der Waals surface area contributed by atoms with Crippen LogP contribution in [0.1, 0.15) is 37.9 Å². The monoisotopic (exact) mass is 306 g/mol. The predicted molar refractivity (Wildman–Crippen MR) is 90.7 cm³/mol. The Hall–Kier alpha value is -1.00. The van der Waals surface area contributed by atoms with Gasteiger partial charge in [0.1, 0.15) is 0 Å². The van der Waals surface area contributed by atoms with Crippen LogP contribution in [0.3, 0.4) is 0 Å². The molecule has 2 N–H and O–H groups in total. The quantitative estimate of drug-likeness (QED) is 0.879. The van der Waals surface area contributed by atoms with Crippen LogP contribution < -0.4 is 10.6 Å². The van der Waals surface area contributed by atoms with Crippen molar-refractivity contribution in [3.8, 4) is 0 Å². The lowest BCUT2D eigenvalue weighted by atomic mass is 10.00. The summed E-state index contributed by atoms with van der Waals surface area (Å²) in [6, 6.07) is 8.61. The third-order valence-electron chi connectivity index (χ3n) is 3.72. The standard InChI is InChI=1S/C17H26N2OS/c1-12(2)10-14-4-6-15(7-5-14)13(3)19-17(20)16-11-21-9-8-18-16/h4-7,12-13,16,18H,8-11H2,1-3H3,(H,19,20). The number of rotatable bonds is 5. The second-order valence-corrected chi connectivity index (χ2v) is 7.30. The van der Waals surface area contributed by atoms with Gasteiger partial charge in [0.05, 0.1) is 12.1 Å². The maximum absolute atomic E-state index is 12.2. The summed E-state index contributed by atoms with van der Waals surface area (Å²) < 4.78 is 0. The molecule has 0 bridgehead atoms. The average molecular weight is 306 g/mol. The van der Waals surface area contributed by atoms with E-state index in [0.29, 0.717) is 5.92 Å². The van der Waals surface area contributed by atoms with Gasteiger partial charge in [-0.15, -0.1) is 0 Å². The van der Waals surface area contributed by atoms with Crippen LogP contribution in [0.5, 0.6) is 0 Å². The van der Waals surface area contributed by atoms with Crippen molar-refractivity contribution in [2.24, 2.45) is 5.92 Å². The molecular weight excluding hydrogens is 280 g/mol. The Bertz CT molecular complexity index is 452. The van der Waals surface area contributed by atoms with Crippen LogP contribution in [-0.4, -0.2) is 30.0 Å². The van der Waals surface area contributed by atoms with Crippen molar-refractivity contribution >= 4 is 17.7 Å². The van der Waals surface area contributed by atoms with Gasteiger partial charge in [-0.05, 0) is 30.4 Å². The summed E-state index contributed by atoms with van der Waals surface area (Å²) in [6.45, 7) is 7.42. The number of carbonyl (C=O) groups excluding carboxylic acids is 1. The van der Waals surface area contributed by atoms with Gasteiger partial charge < -0.3 is 10.6 Å². The molecule has 2 atom stereocenters. The molecule has 1 amide bonds. The van der Waals surface area contributed by atoms with Gasteiger partial charge in [-0.25, -0.2) is 0 Å². The van der Waals surface area contributed by atoms with Gasteiger partial charge in [0.15, 0.2) is 0 Å². The molecule has 116 valence electrons. The Morgan fingerprint density at radius 3 is 2.62 bits per heavy atom. The van der Waals surface area contributed by atoms with E-state index in [0.717, 1.165) is 24.5 Å². The van der Waals surface area contributed by atoms with Gasteiger partial charge in [-0.2, -0.15) is 11.8 Å². The van der Waals surface area contributed by atoms with Crippen LogP contribution in [-0.2, 0) is 11.2 Å². The van der Waals surface area contributed by atoms with Gasteiger partial charge in [0.2, 0.25) is 5.91 Å². The van der Waals surface area contributed by atoms with E-state index in [1.807, 2.05) is 18.7 Å². The molecule has 0 aliphatic carbocycles. The molecule has 1 aromatic rings. The van der Waals surface area contributed by atoms with Gasteiger partial charge in [-0.1, -0.05) is 38.1 Å². The fraction of sp³-hybridized carbons (Fsp3) is 0.588. The third-order valence-corrected chi connectivity index (χ3v) is 4.78. The first-order valence-electron chi connectivity index (χ1n) is 7.76. The average Bonchev–Trinajstić information content (AvgIpc) is 2.48. The molecule has 1 aliphatic rings. The molecule has 2 rings (SSSR count). The number of benzene rings is 1. The molecule has 1 heterocycles. The minimum Gasteiger partial charge on any atom is -0.348 e. The Balaban J connectivity index is 1.90. The molecule has 1 aromatic carbocycles. The molecule has 1 aliphatic heterocycles. The number of amides is 1. The molecule has 4 heteroatoms. The fourth-order valence-corrected chi connectivity index (χ4v) is 3.48. The molecule has 0 spiro atoms. The summed E-state index contributed by atoms with van der Waals surface area (Å²) in [6.07, 6.45) is 1.10. The van der Waals surface area contributed by atoms with E-state index in [1.54, 1.807) is 0 Å². The van der Waals surface area contributed by atoms with Crippen molar-refractivity contribution in [3.05, 3.63) is 35.4 Å². The van der Waals surface area contributed by atoms with E-state index in [2.05, 4.69) is 48.7 Å². The molecule has 0 saturated carbocycles. The number of nitrogens with one attached hydrogen (secondary N) is 2. The Labute approximate surface area is 132 Å². The third kappa shape index (κ3) is 5.04. The van der Waals surface area contributed by atoms with Crippen LogP contribution in [0, 0.1) is 5.92 Å². The van der Waals surface area contributed by atoms with Crippen molar-refractivity contribution in [3.63, 3.8) is 0 Å². The van der Waals surface area contributed by atoms with Crippen LogP contribution in [0.15, 0.2) is 24.3 Å². The molecule has 21 heavy (non-hydrogen) atoms. The molecule has 2 unspecified atom stereocenters. The maximum Gasteiger partial charge on any atom is 0.238 e. The van der Waals surface area contributed by atoms with Crippen molar-refractivity contribution < 1.29 is 4.79 Å². The van der Waals surface area contributed by atoms with Gasteiger partial charge >= 0.3 is 0 Å². The number of hydrogen-bond acceptors (Lipinski definition) is 3. The molecule has 1 saturated heterocycles. The first kappa shape index (κ1) is 16.4. The molecule has 1 fully saturated rings. The van der Waals surface area contributed by atoms with E-state index in [-0.39, 0.29) is 18.0 Å². The Kier molecular flexibility index (Phi) is 6.12. The zero-order valence-electron chi connectivity index (χ0n) is 13.2. The summed E-state index contributed by atoms with van der Waals surface area (Å²) in [5, 5.41) is 6.38. The van der Waals surface area contributed by atoms with E-state index in [4.69, 9.17) is 0 Å². The van der Waals surface area contributed by atoms with Gasteiger partial charge in [0.25, 0.3) is 0 Å². The largest absolute Gasteiger partial charge is 0.348 e. The lowest BCUT2D eigenvalue weighted by Crippen LogP contribution is -2.49. The number of hydrogen-bond donors (Lipinski definition) is 2. The molecule has 0 radical (unpaired) electrons. The summed E-state index contributed by atoms with van der Waals surface area (Å²) in [7, 11) is 0. The highest BCUT2D eigenvalue weighted by Crippen LogP contribution is 2.16. The van der Waals surface area contributed by atoms with Crippen molar-refractivity contribution in [1.82, 2.24) is 10.6 Å². The highest BCUT2D eigenvalue weighted by Gasteiger charge is 2.22. The smallest absolute Gasteiger partial charge is 0.238 e. The van der Waals surface area contributed by atoms with E-state index in [9.17, 15) is 4.79 Å². The SMILES string of the molecule is CC(C)Cc1ccc(C(C)NC(=O)C2CSCCN2)cc1. The zero-order valence-corrected chi connectivity index (χ0v) is 14.0. The number of thioether (sulfide) groups is 1. The summed E-state index contributed by atoms with van der Waals surface area (Å²) in [4.78, 5) is 12.2. The summed E-state index contributed by atoms with van der Waals surface area (Å²) in [5.74, 6) is 2.74. The summed E-state index contributed by atoms with van der Waals surface area (Å²) in [5.41, 5.74) is 2.52. The lowest BCUT2D eigenvalue weighted by Gasteiger charge is -2.24. The second-order valence-electron chi connectivity index (χ2n) is 6.15. The molecular formula is C17H26N2OS. The minimum absolute atomic E-state index is 0.0496. The van der Waals surface area contributed by atoms with Crippen molar-refractivity contribution in [2.75, 3.05) is 18.1 Å². The predicted octanol–water partition coefficient (Wildman–Crippen LogP) is 2.77. The lowest BCUT2D eigenvalue weighted by molar-refractivity contribution is -0.123. The zero-order chi connectivity index (χ0) is 15.2. The van der Waals surface area contributed by atoms with E-state index in [1.165, 1.54) is 11.1 Å². The normalized spacial score (nSPS) is 20.3. The van der Waals surface area contributed by atoms with Crippen LogP contribution in [0.25, 0.3) is 0 Å². The van der Waals surface area contributed by atoms with Crippen molar-refractivity contribution in [1.29, 1.82) is 0 Å². The Morgan fingerprint density at radius 2 is 2.05 bits per heavy atom. The fourth-order valence-electron chi connectivity index (χ4n) is 2.54. The first-order chi connectivity index (χ1) is 10.1. The maximum atomic E-state index is 12.2. The van der Waals surface area contributed by atoms with Crippen LogP contribution >= 0.6 is 11.8 Å². The minimum atomic E-state index is -0.0496. The van der Waals surface area contributed by atoms with E-state index >= 15 is 0 Å². The van der Waals surface area contributed by atoms with Crippen molar-refractivity contribution in [2.45, 2.75) is 39.3 Å². The van der Waals surface area contributed by atoms with Gasteiger partial charge in [0, 0.05) is 18.1 Å². The highest BCUT2D eigenvalue weighted by molar-refractivity contribution is 7.99. The second kappa shape index (κ2) is 7.85. The van der Waals surface area contributed by atoms with Crippen LogP contribution in [0.2, 0.25) is 0 Å². The van der Waals surface area contributed by atoms with Crippen LogP contribution in [0.4, 0.5) is 0 Å². The number of carbonyl (C=O) groups is 1. The highest BCUT2D eigenvalue weighted by atomic mass is 32.2. The van der Waals surface area contributed by atoms with Gasteiger partial charge in [-0.3, -0.25) is 4.79 Å². The van der Waals surface area contributed by atoms with E-state index < -0.39 is 0 Å². The Morgan fingerprint density at radius 1 is 1.33 bits per heavy atom. The molecule has 3 nitrogen and oxygen atoms in total. The molecule has 0 aromatic heterocycles. The first-order valence-corrected chi connectivity index (χ1v) is 8.92. The topological polar surface area (TPSA) is 41.1 Å². The summed E-state index contributed by atoms with van der Waals surface area (Å²) >= 11 is 1.84.